The molecular weight excluding hydrogens is 550 g/mol. The quantitative estimate of drug-likeness (QED) is 0.283. The Balaban J connectivity index is 1.54. The molecule has 4 heterocycles. The van der Waals surface area contributed by atoms with Crippen LogP contribution in [0.25, 0.3) is 27.2 Å². The summed E-state index contributed by atoms with van der Waals surface area (Å²) in [5.74, 6) is -1.13. The van der Waals surface area contributed by atoms with Gasteiger partial charge in [-0.05, 0) is 74.1 Å². The summed E-state index contributed by atoms with van der Waals surface area (Å²) in [4.78, 5) is 31.8. The van der Waals surface area contributed by atoms with Gasteiger partial charge >= 0.3 is 0 Å². The van der Waals surface area contributed by atoms with Crippen molar-refractivity contribution in [2.24, 2.45) is 0 Å². The largest absolute Gasteiger partial charge is 0.361 e. The highest BCUT2D eigenvalue weighted by atomic mass is 32.1. The van der Waals surface area contributed by atoms with E-state index in [4.69, 9.17) is 9.51 Å². The number of aryl methyl sites for hydroxylation is 2. The lowest BCUT2D eigenvalue weighted by Gasteiger charge is -2.35. The number of benzene rings is 2. The number of fused-ring (bicyclic) bond motifs is 1. The molecule has 12 heteroatoms. The van der Waals surface area contributed by atoms with Crippen LogP contribution in [0.5, 0.6) is 0 Å². The van der Waals surface area contributed by atoms with Gasteiger partial charge in [-0.25, -0.2) is 13.8 Å². The zero-order valence-corrected chi connectivity index (χ0v) is 23.4. The number of hydrogen-bond acceptors (Lipinski definition) is 7. The fourth-order valence-corrected chi connectivity index (χ4v) is 6.21. The van der Waals surface area contributed by atoms with Gasteiger partial charge in [-0.3, -0.25) is 14.2 Å². The first-order valence-electron chi connectivity index (χ1n) is 13.1. The van der Waals surface area contributed by atoms with E-state index in [2.05, 4.69) is 14.8 Å². The van der Waals surface area contributed by atoms with Gasteiger partial charge in [0.05, 0.1) is 34.9 Å². The highest BCUT2D eigenvalue weighted by Gasteiger charge is 2.35. The number of anilines is 1. The summed E-state index contributed by atoms with van der Waals surface area (Å²) in [5, 5.41) is 7.40. The second-order valence-electron chi connectivity index (χ2n) is 9.98. The number of piperidine rings is 1. The van der Waals surface area contributed by atoms with Gasteiger partial charge in [-0.2, -0.15) is 4.37 Å². The molecule has 0 bridgehead atoms. The van der Waals surface area contributed by atoms with Gasteiger partial charge in [0.15, 0.2) is 11.6 Å². The maximum Gasteiger partial charge on any atom is 0.227 e. The standard InChI is InChI=1S/C29H26F2N6O3S/c1-15-28(16(2)40-34-15)17-7-10-23-22(11-17)33-29(37(23)27-13-18(35-41-27)12-25(38)32-3)24-5-4-6-26(39)36(24)19-8-9-20(30)21(31)14-19/h7-11,13-14,24H,4-6,12H2,1-3H3,(H,32,38)/t24-/m0/s1. The zero-order valence-electron chi connectivity index (χ0n) is 22.6. The monoisotopic (exact) mass is 576 g/mol. The van der Waals surface area contributed by atoms with Crippen LogP contribution < -0.4 is 10.2 Å². The maximum absolute atomic E-state index is 14.3. The Morgan fingerprint density at radius 2 is 1.98 bits per heavy atom. The van der Waals surface area contributed by atoms with Crippen LogP contribution in [0, 0.1) is 25.5 Å². The Labute approximate surface area is 237 Å². The first kappa shape index (κ1) is 26.8. The van der Waals surface area contributed by atoms with Crippen LogP contribution in [-0.4, -0.2) is 37.9 Å². The van der Waals surface area contributed by atoms with E-state index in [9.17, 15) is 18.4 Å². The molecular formula is C29H26F2N6O3S. The summed E-state index contributed by atoms with van der Waals surface area (Å²) in [5.41, 5.74) is 4.82. The van der Waals surface area contributed by atoms with Crippen molar-refractivity contribution < 1.29 is 22.9 Å². The van der Waals surface area contributed by atoms with Crippen LogP contribution >= 0.6 is 11.5 Å². The molecule has 1 atom stereocenters. The van der Waals surface area contributed by atoms with E-state index >= 15 is 0 Å². The fraction of sp³-hybridized carbons (Fsp3) is 0.276. The van der Waals surface area contributed by atoms with Gasteiger partial charge in [0, 0.05) is 30.8 Å². The van der Waals surface area contributed by atoms with E-state index in [1.807, 2.05) is 42.7 Å². The van der Waals surface area contributed by atoms with E-state index in [-0.39, 0.29) is 30.3 Å². The van der Waals surface area contributed by atoms with Crippen molar-refractivity contribution in [3.8, 4) is 16.1 Å². The minimum atomic E-state index is -1.03. The predicted octanol–water partition coefficient (Wildman–Crippen LogP) is 5.58. The molecule has 6 rings (SSSR count). The van der Waals surface area contributed by atoms with Crippen LogP contribution in [0.4, 0.5) is 14.5 Å². The lowest BCUT2D eigenvalue weighted by molar-refractivity contribution is -0.121. The van der Waals surface area contributed by atoms with E-state index in [1.54, 1.807) is 7.05 Å². The number of nitrogens with one attached hydrogen (secondary N) is 1. The molecule has 1 saturated heterocycles. The number of imidazole rings is 1. The summed E-state index contributed by atoms with van der Waals surface area (Å²) in [7, 11) is 1.57. The molecule has 0 spiro atoms. The van der Waals surface area contributed by atoms with Gasteiger partial charge in [-0.15, -0.1) is 0 Å². The second kappa shape index (κ2) is 10.5. The van der Waals surface area contributed by atoms with Crippen molar-refractivity contribution in [1.29, 1.82) is 0 Å². The Morgan fingerprint density at radius 1 is 1.15 bits per heavy atom. The van der Waals surface area contributed by atoms with Crippen LogP contribution in [0.1, 0.15) is 48.3 Å². The maximum atomic E-state index is 14.3. The number of aromatic nitrogens is 4. The third-order valence-corrected chi connectivity index (χ3v) is 8.13. The van der Waals surface area contributed by atoms with Gasteiger partial charge in [0.2, 0.25) is 11.8 Å². The average Bonchev–Trinajstić information content (AvgIpc) is 3.66. The number of rotatable bonds is 6. The average molecular weight is 577 g/mol. The van der Waals surface area contributed by atoms with E-state index in [1.165, 1.54) is 22.5 Å². The van der Waals surface area contributed by atoms with Gasteiger partial charge < -0.3 is 14.7 Å². The summed E-state index contributed by atoms with van der Waals surface area (Å²) in [6.07, 6.45) is 1.58. The summed E-state index contributed by atoms with van der Waals surface area (Å²) in [6, 6.07) is 10.6. The van der Waals surface area contributed by atoms with Crippen LogP contribution in [0.15, 0.2) is 47.0 Å². The first-order valence-corrected chi connectivity index (χ1v) is 13.9. The lowest BCUT2D eigenvalue weighted by atomic mass is 9.99. The molecule has 9 nitrogen and oxygen atoms in total. The Bertz CT molecular complexity index is 1790. The first-order chi connectivity index (χ1) is 19.7. The van der Waals surface area contributed by atoms with Crippen LogP contribution in [-0.2, 0) is 16.0 Å². The number of carbonyl (C=O) groups excluding carboxylic acids is 2. The number of amides is 2. The topological polar surface area (TPSA) is 106 Å². The fourth-order valence-electron chi connectivity index (χ4n) is 5.42. The molecule has 5 aromatic rings. The highest BCUT2D eigenvalue weighted by Crippen LogP contribution is 2.40. The lowest BCUT2D eigenvalue weighted by Crippen LogP contribution is -2.39. The number of nitrogens with zero attached hydrogens (tertiary/aromatic N) is 5. The van der Waals surface area contributed by atoms with E-state index < -0.39 is 17.7 Å². The third kappa shape index (κ3) is 4.77. The van der Waals surface area contributed by atoms with Crippen molar-refractivity contribution >= 4 is 40.1 Å². The van der Waals surface area contributed by atoms with Crippen molar-refractivity contribution in [2.75, 3.05) is 11.9 Å². The third-order valence-electron chi connectivity index (χ3n) is 7.32. The zero-order chi connectivity index (χ0) is 28.8. The molecule has 1 aliphatic rings. The molecule has 0 unspecified atom stereocenters. The molecule has 3 aromatic heterocycles. The Kier molecular flexibility index (Phi) is 6.86. The minimum absolute atomic E-state index is 0.119. The van der Waals surface area contributed by atoms with Crippen molar-refractivity contribution in [3.05, 3.63) is 77.1 Å². The van der Waals surface area contributed by atoms with Crippen molar-refractivity contribution in [3.63, 3.8) is 0 Å². The molecule has 41 heavy (non-hydrogen) atoms. The molecule has 1 N–H and O–H groups in total. The summed E-state index contributed by atoms with van der Waals surface area (Å²) in [6.45, 7) is 3.72. The van der Waals surface area contributed by atoms with Gasteiger partial charge in [0.25, 0.3) is 0 Å². The molecule has 0 aliphatic carbocycles. The number of hydrogen-bond donors (Lipinski definition) is 1. The molecule has 0 saturated carbocycles. The van der Waals surface area contributed by atoms with Gasteiger partial charge in [0.1, 0.15) is 16.6 Å². The van der Waals surface area contributed by atoms with Crippen LogP contribution in [0.3, 0.4) is 0 Å². The molecule has 2 aromatic carbocycles. The summed E-state index contributed by atoms with van der Waals surface area (Å²) < 4.78 is 39.9. The molecule has 2 amide bonds. The number of halogens is 2. The smallest absolute Gasteiger partial charge is 0.227 e. The minimum Gasteiger partial charge on any atom is -0.361 e. The van der Waals surface area contributed by atoms with E-state index in [0.717, 1.165) is 39.5 Å². The number of carbonyl (C=O) groups is 2. The second-order valence-corrected chi connectivity index (χ2v) is 10.8. The normalized spacial score (nSPS) is 15.6. The molecule has 210 valence electrons. The van der Waals surface area contributed by atoms with Crippen molar-refractivity contribution in [2.45, 2.75) is 45.6 Å². The molecule has 1 aliphatic heterocycles. The van der Waals surface area contributed by atoms with Crippen molar-refractivity contribution in [1.82, 2.24) is 24.4 Å². The van der Waals surface area contributed by atoms with Crippen LogP contribution in [0.2, 0.25) is 0 Å². The van der Waals surface area contributed by atoms with Gasteiger partial charge in [-0.1, -0.05) is 11.2 Å². The number of likely N-dealkylation sites (N-methyl/N-ethyl adjacent to an activating group) is 1. The highest BCUT2D eigenvalue weighted by molar-refractivity contribution is 7.08. The molecule has 1 fully saturated rings. The molecule has 0 radical (unpaired) electrons. The Hall–Kier alpha value is -4.45. The SMILES string of the molecule is CNC(=O)Cc1cc(-n2c([C@@H]3CCCC(=O)N3c3ccc(F)c(F)c3)nc3cc(-c4c(C)noc4C)ccc32)sn1. The Morgan fingerprint density at radius 3 is 2.71 bits per heavy atom. The summed E-state index contributed by atoms with van der Waals surface area (Å²) >= 11 is 1.22. The van der Waals surface area contributed by atoms with E-state index in [0.29, 0.717) is 35.6 Å². The predicted molar refractivity (Wildman–Crippen MR) is 150 cm³/mol.